The third kappa shape index (κ3) is 4.49. The quantitative estimate of drug-likeness (QED) is 0.772. The lowest BCUT2D eigenvalue weighted by atomic mass is 10.2. The number of imidazole rings is 1. The number of carbonyl (C=O) groups is 1. The second-order valence-electron chi connectivity index (χ2n) is 6.82. The number of amides is 1. The fourth-order valence-corrected chi connectivity index (χ4v) is 4.14. The van der Waals surface area contributed by atoms with Crippen molar-refractivity contribution in [2.75, 3.05) is 31.6 Å². The molecule has 0 spiro atoms. The standard InChI is InChI=1S/C16H26N4O2S/c1-11-5-17-15(18-11)8-19(2)13-6-20(7-14(13)21)16(22)10-23-9-12-3-4-12/h5,12-14,21H,3-4,6-10H2,1-2H3,(H,17,18)/t13-,14-/m1/s1. The number of H-pyrrole nitrogens is 1. The number of nitrogens with zero attached hydrogens (tertiary/aromatic N) is 3. The predicted octanol–water partition coefficient (Wildman–Crippen LogP) is 0.865. The molecule has 1 aromatic heterocycles. The average Bonchev–Trinajstić information content (AvgIpc) is 3.11. The molecule has 1 saturated carbocycles. The molecule has 7 heteroatoms. The molecule has 2 fully saturated rings. The summed E-state index contributed by atoms with van der Waals surface area (Å²) < 4.78 is 0. The van der Waals surface area contributed by atoms with Crippen molar-refractivity contribution in [3.63, 3.8) is 0 Å². The van der Waals surface area contributed by atoms with E-state index in [2.05, 4.69) is 14.9 Å². The van der Waals surface area contributed by atoms with E-state index >= 15 is 0 Å². The molecular formula is C16H26N4O2S. The lowest BCUT2D eigenvalue weighted by Gasteiger charge is -2.25. The Kier molecular flexibility index (Phi) is 5.28. The van der Waals surface area contributed by atoms with Crippen molar-refractivity contribution in [3.8, 4) is 0 Å². The van der Waals surface area contributed by atoms with Crippen molar-refractivity contribution < 1.29 is 9.90 Å². The Bertz CT molecular complexity index is 546. The Morgan fingerprint density at radius 2 is 2.30 bits per heavy atom. The fourth-order valence-electron chi connectivity index (χ4n) is 3.00. The summed E-state index contributed by atoms with van der Waals surface area (Å²) in [5.74, 6) is 3.52. The maximum atomic E-state index is 12.3. The van der Waals surface area contributed by atoms with Gasteiger partial charge in [0.15, 0.2) is 0 Å². The minimum absolute atomic E-state index is 0.0298. The highest BCUT2D eigenvalue weighted by Gasteiger charge is 2.36. The first-order valence-corrected chi connectivity index (χ1v) is 9.42. The largest absolute Gasteiger partial charge is 0.390 e. The number of aromatic nitrogens is 2. The summed E-state index contributed by atoms with van der Waals surface area (Å²) in [6.45, 7) is 3.66. The molecule has 1 saturated heterocycles. The van der Waals surface area contributed by atoms with E-state index in [4.69, 9.17) is 0 Å². The van der Waals surface area contributed by atoms with Gasteiger partial charge in [-0.05, 0) is 38.5 Å². The van der Waals surface area contributed by atoms with Gasteiger partial charge in [0.1, 0.15) is 5.82 Å². The van der Waals surface area contributed by atoms with Crippen LogP contribution in [-0.2, 0) is 11.3 Å². The number of thioether (sulfide) groups is 1. The Hall–Kier alpha value is -1.05. The topological polar surface area (TPSA) is 72.5 Å². The highest BCUT2D eigenvalue weighted by atomic mass is 32.2. The zero-order chi connectivity index (χ0) is 16.4. The molecule has 128 valence electrons. The first-order chi connectivity index (χ1) is 11.0. The minimum atomic E-state index is -0.492. The van der Waals surface area contributed by atoms with Crippen LogP contribution in [0.15, 0.2) is 6.20 Å². The van der Waals surface area contributed by atoms with Crippen LogP contribution < -0.4 is 0 Å². The Balaban J connectivity index is 1.47. The lowest BCUT2D eigenvalue weighted by Crippen LogP contribution is -2.40. The highest BCUT2D eigenvalue weighted by Crippen LogP contribution is 2.32. The van der Waals surface area contributed by atoms with Crippen LogP contribution in [0.2, 0.25) is 0 Å². The fraction of sp³-hybridized carbons (Fsp3) is 0.750. The second-order valence-corrected chi connectivity index (χ2v) is 7.85. The van der Waals surface area contributed by atoms with Crippen LogP contribution in [0.4, 0.5) is 0 Å². The van der Waals surface area contributed by atoms with E-state index in [0.717, 1.165) is 23.2 Å². The average molecular weight is 338 g/mol. The molecule has 1 aromatic rings. The van der Waals surface area contributed by atoms with Crippen molar-refractivity contribution in [2.24, 2.45) is 5.92 Å². The Morgan fingerprint density at radius 3 is 2.96 bits per heavy atom. The molecule has 1 aliphatic heterocycles. The van der Waals surface area contributed by atoms with Gasteiger partial charge in [-0.15, -0.1) is 0 Å². The number of aryl methyl sites for hydroxylation is 1. The number of aromatic amines is 1. The van der Waals surface area contributed by atoms with Crippen molar-refractivity contribution in [3.05, 3.63) is 17.7 Å². The molecule has 0 bridgehead atoms. The van der Waals surface area contributed by atoms with Gasteiger partial charge in [0.2, 0.25) is 5.91 Å². The molecule has 0 aromatic carbocycles. The molecule has 2 N–H and O–H groups in total. The van der Waals surface area contributed by atoms with Gasteiger partial charge in [0, 0.05) is 25.0 Å². The summed E-state index contributed by atoms with van der Waals surface area (Å²) >= 11 is 1.73. The van der Waals surface area contributed by atoms with Crippen molar-refractivity contribution in [1.82, 2.24) is 19.8 Å². The summed E-state index contributed by atoms with van der Waals surface area (Å²) in [7, 11) is 1.97. The van der Waals surface area contributed by atoms with E-state index in [-0.39, 0.29) is 11.9 Å². The van der Waals surface area contributed by atoms with Crippen LogP contribution in [0.25, 0.3) is 0 Å². The van der Waals surface area contributed by atoms with Gasteiger partial charge in [-0.25, -0.2) is 4.98 Å². The molecule has 3 rings (SSSR count). The number of hydrogen-bond acceptors (Lipinski definition) is 5. The van der Waals surface area contributed by atoms with E-state index in [9.17, 15) is 9.90 Å². The highest BCUT2D eigenvalue weighted by molar-refractivity contribution is 7.99. The molecule has 1 amide bonds. The number of likely N-dealkylation sites (N-methyl/N-ethyl adjacent to an activating group) is 1. The lowest BCUT2D eigenvalue weighted by molar-refractivity contribution is -0.127. The molecule has 2 heterocycles. The zero-order valence-corrected chi connectivity index (χ0v) is 14.7. The summed E-state index contributed by atoms with van der Waals surface area (Å²) in [6, 6.07) is -0.0298. The maximum absolute atomic E-state index is 12.3. The van der Waals surface area contributed by atoms with Gasteiger partial charge < -0.3 is 15.0 Å². The molecule has 6 nitrogen and oxygen atoms in total. The molecule has 1 aliphatic carbocycles. The van der Waals surface area contributed by atoms with E-state index in [0.29, 0.717) is 25.4 Å². The minimum Gasteiger partial charge on any atom is -0.390 e. The van der Waals surface area contributed by atoms with Crippen molar-refractivity contribution >= 4 is 17.7 Å². The first kappa shape index (κ1) is 16.8. The maximum Gasteiger partial charge on any atom is 0.232 e. The third-order valence-corrected chi connectivity index (χ3v) is 5.77. The van der Waals surface area contributed by atoms with Gasteiger partial charge in [-0.2, -0.15) is 11.8 Å². The number of carbonyl (C=O) groups excluding carboxylic acids is 1. The Morgan fingerprint density at radius 1 is 1.52 bits per heavy atom. The van der Waals surface area contributed by atoms with E-state index < -0.39 is 6.10 Å². The molecular weight excluding hydrogens is 312 g/mol. The monoisotopic (exact) mass is 338 g/mol. The van der Waals surface area contributed by atoms with Crippen molar-refractivity contribution in [1.29, 1.82) is 0 Å². The third-order valence-electron chi connectivity index (χ3n) is 4.61. The van der Waals surface area contributed by atoms with Gasteiger partial charge in [-0.1, -0.05) is 0 Å². The number of likely N-dealkylation sites (tertiary alicyclic amines) is 1. The molecule has 2 atom stereocenters. The molecule has 0 unspecified atom stereocenters. The number of aliphatic hydroxyl groups is 1. The van der Waals surface area contributed by atoms with Crippen LogP contribution in [0.3, 0.4) is 0 Å². The first-order valence-electron chi connectivity index (χ1n) is 8.27. The van der Waals surface area contributed by atoms with E-state index in [1.807, 2.05) is 14.0 Å². The van der Waals surface area contributed by atoms with E-state index in [1.165, 1.54) is 12.8 Å². The smallest absolute Gasteiger partial charge is 0.232 e. The van der Waals surface area contributed by atoms with Gasteiger partial charge in [0.25, 0.3) is 0 Å². The molecule has 23 heavy (non-hydrogen) atoms. The molecule has 2 aliphatic rings. The van der Waals surface area contributed by atoms with Gasteiger partial charge in [-0.3, -0.25) is 9.69 Å². The number of rotatable bonds is 7. The number of hydrogen-bond donors (Lipinski definition) is 2. The van der Waals surface area contributed by atoms with Crippen LogP contribution in [0.1, 0.15) is 24.4 Å². The second kappa shape index (κ2) is 7.23. The number of aliphatic hydroxyl groups excluding tert-OH is 1. The van der Waals surface area contributed by atoms with Gasteiger partial charge >= 0.3 is 0 Å². The number of β-amino-alcohol motifs (C(OH)–C–C–N with tert-alkyl or cyclic N) is 1. The van der Waals surface area contributed by atoms with E-state index in [1.54, 1.807) is 22.9 Å². The SMILES string of the molecule is Cc1cnc(CN(C)[C@@H]2CN(C(=O)CSCC3CC3)C[C@H]2O)[nH]1. The number of nitrogens with one attached hydrogen (secondary N) is 1. The summed E-state index contributed by atoms with van der Waals surface area (Å²) in [5.41, 5.74) is 1.03. The predicted molar refractivity (Wildman–Crippen MR) is 91.2 cm³/mol. The van der Waals surface area contributed by atoms with Crippen LogP contribution in [0, 0.1) is 12.8 Å². The summed E-state index contributed by atoms with van der Waals surface area (Å²) in [6.07, 6.45) is 3.96. The zero-order valence-electron chi connectivity index (χ0n) is 13.9. The summed E-state index contributed by atoms with van der Waals surface area (Å²) in [4.78, 5) is 23.7. The summed E-state index contributed by atoms with van der Waals surface area (Å²) in [5, 5.41) is 10.3. The van der Waals surface area contributed by atoms with Crippen molar-refractivity contribution in [2.45, 2.75) is 38.5 Å². The van der Waals surface area contributed by atoms with Gasteiger partial charge in [0.05, 0.1) is 24.4 Å². The van der Waals surface area contributed by atoms with Crippen LogP contribution in [-0.4, -0.2) is 74.6 Å². The van der Waals surface area contributed by atoms with Crippen LogP contribution >= 0.6 is 11.8 Å². The molecule has 0 radical (unpaired) electrons. The Labute approximate surface area is 141 Å². The van der Waals surface area contributed by atoms with Crippen LogP contribution in [0.5, 0.6) is 0 Å². The normalized spacial score (nSPS) is 24.6.